The van der Waals surface area contributed by atoms with Crippen LogP contribution in [0.5, 0.6) is 5.75 Å². The summed E-state index contributed by atoms with van der Waals surface area (Å²) in [4.78, 5) is 0. The lowest BCUT2D eigenvalue weighted by molar-refractivity contribution is 0.207. The lowest BCUT2D eigenvalue weighted by atomic mass is 10.1. The molecule has 1 aliphatic carbocycles. The molecule has 0 saturated heterocycles. The van der Waals surface area contributed by atoms with Gasteiger partial charge in [0.05, 0.1) is 13.2 Å². The molecule has 1 aromatic rings. The minimum atomic E-state index is 0.165. The van der Waals surface area contributed by atoms with E-state index in [1.54, 1.807) is 0 Å². The van der Waals surface area contributed by atoms with Gasteiger partial charge < -0.3 is 15.2 Å². The van der Waals surface area contributed by atoms with Crippen molar-refractivity contribution in [3.05, 3.63) is 28.8 Å². The molecule has 1 aliphatic rings. The summed E-state index contributed by atoms with van der Waals surface area (Å²) in [6.45, 7) is 7.11. The maximum Gasteiger partial charge on any atom is 0.125 e. The highest BCUT2D eigenvalue weighted by Gasteiger charge is 2.24. The molecule has 2 rings (SSSR count). The summed E-state index contributed by atoms with van der Waals surface area (Å²) in [5, 5.41) is 12.8. The number of ether oxygens (including phenoxy) is 1. The van der Waals surface area contributed by atoms with Gasteiger partial charge in [-0.3, -0.25) is 0 Å². The number of aliphatic hydroxyl groups is 1. The van der Waals surface area contributed by atoms with Gasteiger partial charge in [-0.2, -0.15) is 0 Å². The van der Waals surface area contributed by atoms with Crippen LogP contribution in [0.4, 0.5) is 0 Å². The lowest BCUT2D eigenvalue weighted by Gasteiger charge is -2.18. The van der Waals surface area contributed by atoms with Crippen LogP contribution in [0.2, 0.25) is 0 Å². The van der Waals surface area contributed by atoms with E-state index in [1.807, 2.05) is 0 Å². The van der Waals surface area contributed by atoms with Gasteiger partial charge in [0, 0.05) is 12.1 Å². The molecule has 0 aromatic heterocycles. The van der Waals surface area contributed by atoms with Crippen LogP contribution in [0.3, 0.4) is 0 Å². The average Bonchev–Trinajstić information content (AvgIpc) is 3.14. The Hall–Kier alpha value is -1.06. The maximum atomic E-state index is 9.33. The Morgan fingerprint density at radius 1 is 1.26 bits per heavy atom. The highest BCUT2D eigenvalue weighted by atomic mass is 16.5. The molecule has 19 heavy (non-hydrogen) atoms. The SMILES string of the molecule is Cc1cc(C)c(OCCC(CO)NC2CC2)c(C)c1. The summed E-state index contributed by atoms with van der Waals surface area (Å²) in [5.41, 5.74) is 3.65. The highest BCUT2D eigenvalue weighted by Crippen LogP contribution is 2.25. The molecule has 1 aromatic carbocycles. The van der Waals surface area contributed by atoms with Crippen LogP contribution in [0.15, 0.2) is 12.1 Å². The monoisotopic (exact) mass is 263 g/mol. The van der Waals surface area contributed by atoms with Crippen molar-refractivity contribution in [1.29, 1.82) is 0 Å². The van der Waals surface area contributed by atoms with Crippen molar-refractivity contribution in [2.45, 2.75) is 52.1 Å². The van der Waals surface area contributed by atoms with Gasteiger partial charge in [0.2, 0.25) is 0 Å². The quantitative estimate of drug-likeness (QED) is 0.794. The van der Waals surface area contributed by atoms with Crippen molar-refractivity contribution in [1.82, 2.24) is 5.32 Å². The first-order valence-corrected chi connectivity index (χ1v) is 7.17. The van der Waals surface area contributed by atoms with Crippen molar-refractivity contribution < 1.29 is 9.84 Å². The van der Waals surface area contributed by atoms with Crippen molar-refractivity contribution in [2.24, 2.45) is 0 Å². The fraction of sp³-hybridized carbons (Fsp3) is 0.625. The van der Waals surface area contributed by atoms with Crippen molar-refractivity contribution >= 4 is 0 Å². The molecule has 0 bridgehead atoms. The van der Waals surface area contributed by atoms with Crippen molar-refractivity contribution in [2.75, 3.05) is 13.2 Å². The van der Waals surface area contributed by atoms with Crippen LogP contribution in [0.25, 0.3) is 0 Å². The summed E-state index contributed by atoms with van der Waals surface area (Å²) in [6, 6.07) is 5.08. The van der Waals surface area contributed by atoms with Gasteiger partial charge in [-0.1, -0.05) is 17.7 Å². The molecule has 1 atom stereocenters. The number of nitrogens with one attached hydrogen (secondary N) is 1. The Morgan fingerprint density at radius 3 is 2.42 bits per heavy atom. The Labute approximate surface area is 116 Å². The van der Waals surface area contributed by atoms with Crippen LogP contribution in [-0.4, -0.2) is 30.4 Å². The van der Waals surface area contributed by atoms with Gasteiger partial charge in [0.1, 0.15) is 5.75 Å². The fourth-order valence-corrected chi connectivity index (χ4v) is 2.51. The highest BCUT2D eigenvalue weighted by molar-refractivity contribution is 5.42. The van der Waals surface area contributed by atoms with E-state index in [1.165, 1.54) is 29.5 Å². The Morgan fingerprint density at radius 2 is 1.89 bits per heavy atom. The molecule has 3 heteroatoms. The molecular formula is C16H25NO2. The zero-order chi connectivity index (χ0) is 13.8. The van der Waals surface area contributed by atoms with Gasteiger partial charge in [-0.15, -0.1) is 0 Å². The van der Waals surface area contributed by atoms with Crippen molar-refractivity contribution in [3.63, 3.8) is 0 Å². The Balaban J connectivity index is 1.84. The summed E-state index contributed by atoms with van der Waals surface area (Å²) < 4.78 is 5.91. The van der Waals surface area contributed by atoms with Gasteiger partial charge in [-0.05, 0) is 51.2 Å². The van der Waals surface area contributed by atoms with Crippen LogP contribution < -0.4 is 10.1 Å². The third kappa shape index (κ3) is 4.22. The number of aryl methyl sites for hydroxylation is 3. The average molecular weight is 263 g/mol. The Bertz CT molecular complexity index is 404. The van der Waals surface area contributed by atoms with E-state index in [2.05, 4.69) is 38.2 Å². The molecule has 1 fully saturated rings. The first-order chi connectivity index (χ1) is 9.10. The van der Waals surface area contributed by atoms with Crippen molar-refractivity contribution in [3.8, 4) is 5.75 Å². The normalized spacial score (nSPS) is 16.4. The van der Waals surface area contributed by atoms with Gasteiger partial charge >= 0.3 is 0 Å². The summed E-state index contributed by atoms with van der Waals surface area (Å²) >= 11 is 0. The fourth-order valence-electron chi connectivity index (χ4n) is 2.51. The van der Waals surface area contributed by atoms with Crippen LogP contribution >= 0.6 is 0 Å². The largest absolute Gasteiger partial charge is 0.493 e. The first kappa shape index (κ1) is 14.4. The van der Waals surface area contributed by atoms with Crippen LogP contribution in [0.1, 0.15) is 36.0 Å². The number of aliphatic hydroxyl groups excluding tert-OH is 1. The van der Waals surface area contributed by atoms with Crippen LogP contribution in [0, 0.1) is 20.8 Å². The minimum Gasteiger partial charge on any atom is -0.493 e. The molecule has 3 nitrogen and oxygen atoms in total. The number of rotatable bonds is 7. The number of hydrogen-bond donors (Lipinski definition) is 2. The second-order valence-electron chi connectivity index (χ2n) is 5.69. The smallest absolute Gasteiger partial charge is 0.125 e. The second-order valence-corrected chi connectivity index (χ2v) is 5.69. The maximum absolute atomic E-state index is 9.33. The third-order valence-corrected chi connectivity index (χ3v) is 3.59. The van der Waals surface area contributed by atoms with E-state index in [0.29, 0.717) is 12.6 Å². The zero-order valence-corrected chi connectivity index (χ0v) is 12.2. The molecule has 1 unspecified atom stereocenters. The predicted molar refractivity (Wildman–Crippen MR) is 77.8 cm³/mol. The standard InChI is InChI=1S/C16H25NO2/c1-11-8-12(2)16(13(3)9-11)19-7-6-15(10-18)17-14-4-5-14/h8-9,14-15,17-18H,4-7,10H2,1-3H3. The van der Waals surface area contributed by atoms with E-state index >= 15 is 0 Å². The topological polar surface area (TPSA) is 41.5 Å². The molecule has 1 saturated carbocycles. The molecule has 0 aliphatic heterocycles. The molecule has 0 amide bonds. The lowest BCUT2D eigenvalue weighted by Crippen LogP contribution is -2.35. The van der Waals surface area contributed by atoms with E-state index in [9.17, 15) is 5.11 Å². The predicted octanol–water partition coefficient (Wildman–Crippen LogP) is 2.49. The zero-order valence-electron chi connectivity index (χ0n) is 12.2. The summed E-state index contributed by atoms with van der Waals surface area (Å²) in [7, 11) is 0. The Kier molecular flexibility index (Phi) is 4.83. The molecule has 0 radical (unpaired) electrons. The molecule has 0 spiro atoms. The minimum absolute atomic E-state index is 0.165. The van der Waals surface area contributed by atoms with Crippen LogP contribution in [-0.2, 0) is 0 Å². The number of hydrogen-bond acceptors (Lipinski definition) is 3. The molecule has 0 heterocycles. The second kappa shape index (κ2) is 6.40. The van der Waals surface area contributed by atoms with E-state index in [4.69, 9.17) is 4.74 Å². The molecular weight excluding hydrogens is 238 g/mol. The van der Waals surface area contributed by atoms with E-state index in [-0.39, 0.29) is 12.6 Å². The van der Waals surface area contributed by atoms with Gasteiger partial charge in [-0.25, -0.2) is 0 Å². The summed E-state index contributed by atoms with van der Waals surface area (Å²) in [6.07, 6.45) is 3.33. The van der Waals surface area contributed by atoms with Gasteiger partial charge in [0.15, 0.2) is 0 Å². The van der Waals surface area contributed by atoms with E-state index in [0.717, 1.165) is 12.2 Å². The van der Waals surface area contributed by atoms with E-state index < -0.39 is 0 Å². The first-order valence-electron chi connectivity index (χ1n) is 7.17. The summed E-state index contributed by atoms with van der Waals surface area (Å²) in [5.74, 6) is 0.994. The third-order valence-electron chi connectivity index (χ3n) is 3.59. The number of benzene rings is 1. The molecule has 2 N–H and O–H groups in total. The van der Waals surface area contributed by atoms with Gasteiger partial charge in [0.25, 0.3) is 0 Å². The molecule has 106 valence electrons.